The summed E-state index contributed by atoms with van der Waals surface area (Å²) in [5, 5.41) is 8.36. The Balaban J connectivity index is 2.62. The lowest BCUT2D eigenvalue weighted by atomic mass is 9.98. The largest absolute Gasteiger partial charge is 0.467 e. The third-order valence-electron chi connectivity index (χ3n) is 3.29. The van der Waals surface area contributed by atoms with E-state index in [1.54, 1.807) is 18.4 Å². The Morgan fingerprint density at radius 2 is 2.00 bits per heavy atom. The summed E-state index contributed by atoms with van der Waals surface area (Å²) in [5.41, 5.74) is -0.352. The van der Waals surface area contributed by atoms with Crippen molar-refractivity contribution in [1.29, 1.82) is 0 Å². The highest BCUT2D eigenvalue weighted by molar-refractivity contribution is 5.87. The molecule has 1 rings (SSSR count). The Morgan fingerprint density at radius 3 is 2.50 bits per heavy atom. The molecule has 0 saturated heterocycles. The zero-order valence-electron chi connectivity index (χ0n) is 14.0. The average molecular weight is 309 g/mol. The second kappa shape index (κ2) is 7.87. The average Bonchev–Trinajstić information content (AvgIpc) is 2.92. The highest BCUT2D eigenvalue weighted by Crippen LogP contribution is 2.09. The molecule has 1 heterocycles. The van der Waals surface area contributed by atoms with Crippen LogP contribution in [0.5, 0.6) is 0 Å². The number of urea groups is 1. The summed E-state index contributed by atoms with van der Waals surface area (Å²) in [6.45, 7) is 9.90. The van der Waals surface area contributed by atoms with E-state index in [1.807, 2.05) is 34.6 Å². The van der Waals surface area contributed by atoms with E-state index < -0.39 is 6.04 Å². The molecule has 3 N–H and O–H groups in total. The van der Waals surface area contributed by atoms with Crippen LogP contribution >= 0.6 is 0 Å². The molecule has 0 aliphatic carbocycles. The number of carbonyl (C=O) groups excluding carboxylic acids is 2. The van der Waals surface area contributed by atoms with Crippen LogP contribution in [-0.2, 0) is 11.3 Å². The van der Waals surface area contributed by atoms with E-state index in [2.05, 4.69) is 16.0 Å². The molecule has 22 heavy (non-hydrogen) atoms. The summed E-state index contributed by atoms with van der Waals surface area (Å²) >= 11 is 0. The summed E-state index contributed by atoms with van der Waals surface area (Å²) in [5.74, 6) is 0.493. The first kappa shape index (κ1) is 18.1. The Labute approximate surface area is 132 Å². The van der Waals surface area contributed by atoms with Gasteiger partial charge in [0.2, 0.25) is 5.91 Å². The van der Waals surface area contributed by atoms with Crippen molar-refractivity contribution >= 4 is 11.9 Å². The zero-order chi connectivity index (χ0) is 16.8. The molecule has 1 aromatic heterocycles. The van der Waals surface area contributed by atoms with Gasteiger partial charge in [-0.3, -0.25) is 4.79 Å². The number of furan rings is 1. The number of nitrogens with one attached hydrogen (secondary N) is 3. The van der Waals surface area contributed by atoms with Crippen molar-refractivity contribution in [3.05, 3.63) is 24.2 Å². The second-order valence-corrected chi connectivity index (χ2v) is 6.51. The minimum Gasteiger partial charge on any atom is -0.467 e. The Morgan fingerprint density at radius 1 is 1.32 bits per heavy atom. The molecular weight excluding hydrogens is 282 g/mol. The smallest absolute Gasteiger partial charge is 0.315 e. The van der Waals surface area contributed by atoms with Crippen LogP contribution in [0.2, 0.25) is 0 Å². The lowest BCUT2D eigenvalue weighted by Crippen LogP contribution is -2.55. The molecule has 2 unspecified atom stereocenters. The molecule has 0 aliphatic heterocycles. The highest BCUT2D eigenvalue weighted by Gasteiger charge is 2.27. The van der Waals surface area contributed by atoms with Crippen LogP contribution in [0.4, 0.5) is 4.79 Å². The number of carbonyl (C=O) groups is 2. The molecular formula is C16H27N3O3. The van der Waals surface area contributed by atoms with Gasteiger partial charge in [0.1, 0.15) is 11.8 Å². The number of rotatable bonds is 6. The fraction of sp³-hybridized carbons (Fsp3) is 0.625. The SMILES string of the molecule is CCC(C)C(NC(=O)NC(C)(C)C)C(=O)NCc1ccco1. The predicted molar refractivity (Wildman–Crippen MR) is 85.2 cm³/mol. The van der Waals surface area contributed by atoms with Gasteiger partial charge < -0.3 is 20.4 Å². The van der Waals surface area contributed by atoms with E-state index in [9.17, 15) is 9.59 Å². The quantitative estimate of drug-likeness (QED) is 0.754. The fourth-order valence-corrected chi connectivity index (χ4v) is 1.92. The van der Waals surface area contributed by atoms with Gasteiger partial charge in [-0.2, -0.15) is 0 Å². The predicted octanol–water partition coefficient (Wildman–Crippen LogP) is 2.41. The van der Waals surface area contributed by atoms with Crippen molar-refractivity contribution in [3.63, 3.8) is 0 Å². The molecule has 0 radical (unpaired) electrons. The zero-order valence-corrected chi connectivity index (χ0v) is 14.0. The topological polar surface area (TPSA) is 83.4 Å². The molecule has 2 atom stereocenters. The molecule has 6 nitrogen and oxygen atoms in total. The number of hydrogen-bond acceptors (Lipinski definition) is 3. The fourth-order valence-electron chi connectivity index (χ4n) is 1.92. The van der Waals surface area contributed by atoms with Gasteiger partial charge >= 0.3 is 6.03 Å². The molecule has 0 saturated carbocycles. The van der Waals surface area contributed by atoms with E-state index in [0.717, 1.165) is 6.42 Å². The molecule has 6 heteroatoms. The van der Waals surface area contributed by atoms with Crippen molar-refractivity contribution in [3.8, 4) is 0 Å². The van der Waals surface area contributed by atoms with E-state index in [-0.39, 0.29) is 23.4 Å². The maximum atomic E-state index is 12.3. The second-order valence-electron chi connectivity index (χ2n) is 6.51. The van der Waals surface area contributed by atoms with Crippen molar-refractivity contribution in [1.82, 2.24) is 16.0 Å². The Hall–Kier alpha value is -1.98. The molecule has 3 amide bonds. The van der Waals surface area contributed by atoms with Gasteiger partial charge in [0.25, 0.3) is 0 Å². The van der Waals surface area contributed by atoms with E-state index in [1.165, 1.54) is 0 Å². The van der Waals surface area contributed by atoms with Gasteiger partial charge in [0, 0.05) is 5.54 Å². The molecule has 0 spiro atoms. The minimum atomic E-state index is -0.581. The summed E-state index contributed by atoms with van der Waals surface area (Å²) in [7, 11) is 0. The molecule has 0 aromatic carbocycles. The molecule has 0 aliphatic rings. The van der Waals surface area contributed by atoms with Gasteiger partial charge in [-0.25, -0.2) is 4.79 Å². The summed E-state index contributed by atoms with van der Waals surface area (Å²) in [6, 6.07) is 2.63. The normalized spacial score (nSPS) is 14.0. The monoisotopic (exact) mass is 309 g/mol. The van der Waals surface area contributed by atoms with Crippen molar-refractivity contribution in [2.75, 3.05) is 0 Å². The lowest BCUT2D eigenvalue weighted by molar-refractivity contribution is -0.124. The van der Waals surface area contributed by atoms with Crippen LogP contribution in [-0.4, -0.2) is 23.5 Å². The van der Waals surface area contributed by atoms with Crippen LogP contribution in [0.15, 0.2) is 22.8 Å². The minimum absolute atomic E-state index is 0.0299. The van der Waals surface area contributed by atoms with Crippen LogP contribution in [0.3, 0.4) is 0 Å². The molecule has 124 valence electrons. The first-order valence-corrected chi connectivity index (χ1v) is 7.61. The Bertz CT molecular complexity index is 477. The van der Waals surface area contributed by atoms with Gasteiger partial charge in [-0.1, -0.05) is 20.3 Å². The Kier molecular flexibility index (Phi) is 6.46. The van der Waals surface area contributed by atoms with Crippen molar-refractivity contribution in [2.24, 2.45) is 5.92 Å². The maximum Gasteiger partial charge on any atom is 0.315 e. The van der Waals surface area contributed by atoms with Crippen LogP contribution < -0.4 is 16.0 Å². The van der Waals surface area contributed by atoms with Crippen LogP contribution in [0, 0.1) is 5.92 Å². The molecule has 0 bridgehead atoms. The van der Waals surface area contributed by atoms with Crippen LogP contribution in [0.25, 0.3) is 0 Å². The molecule has 1 aromatic rings. The van der Waals surface area contributed by atoms with E-state index >= 15 is 0 Å². The number of hydrogen-bond donors (Lipinski definition) is 3. The van der Waals surface area contributed by atoms with Gasteiger partial charge in [-0.05, 0) is 38.8 Å². The van der Waals surface area contributed by atoms with Crippen molar-refractivity contribution < 1.29 is 14.0 Å². The van der Waals surface area contributed by atoms with Gasteiger partial charge in [-0.15, -0.1) is 0 Å². The summed E-state index contributed by atoms with van der Waals surface area (Å²) in [6.07, 6.45) is 2.34. The first-order chi connectivity index (χ1) is 10.2. The van der Waals surface area contributed by atoms with E-state index in [0.29, 0.717) is 12.3 Å². The number of amides is 3. The highest BCUT2D eigenvalue weighted by atomic mass is 16.3. The van der Waals surface area contributed by atoms with E-state index in [4.69, 9.17) is 4.42 Å². The molecule has 0 fully saturated rings. The third-order valence-corrected chi connectivity index (χ3v) is 3.29. The maximum absolute atomic E-state index is 12.3. The lowest BCUT2D eigenvalue weighted by Gasteiger charge is -2.26. The van der Waals surface area contributed by atoms with Gasteiger partial charge in [0.15, 0.2) is 0 Å². The summed E-state index contributed by atoms with van der Waals surface area (Å²) in [4.78, 5) is 24.4. The third kappa shape index (κ3) is 6.20. The standard InChI is InChI=1S/C16H27N3O3/c1-6-11(2)13(18-15(21)19-16(3,4)5)14(20)17-10-12-8-7-9-22-12/h7-9,11,13H,6,10H2,1-5H3,(H,17,20)(H2,18,19,21). The van der Waals surface area contributed by atoms with Gasteiger partial charge in [0.05, 0.1) is 12.8 Å². The van der Waals surface area contributed by atoms with Crippen LogP contribution in [0.1, 0.15) is 46.8 Å². The van der Waals surface area contributed by atoms with Crippen molar-refractivity contribution in [2.45, 2.75) is 59.2 Å². The summed E-state index contributed by atoms with van der Waals surface area (Å²) < 4.78 is 5.18. The first-order valence-electron chi connectivity index (χ1n) is 7.61.